The van der Waals surface area contributed by atoms with E-state index in [-0.39, 0.29) is 5.78 Å². The molecule has 1 aliphatic heterocycles. The molecule has 0 saturated carbocycles. The molecule has 1 aromatic rings. The zero-order valence-electron chi connectivity index (χ0n) is 10.5. The van der Waals surface area contributed by atoms with Crippen LogP contribution < -0.4 is 0 Å². The number of ether oxygens (including phenoxy) is 2. The van der Waals surface area contributed by atoms with Crippen LogP contribution in [0.3, 0.4) is 0 Å². The Hall–Kier alpha value is -1.19. The van der Waals surface area contributed by atoms with Gasteiger partial charge in [-0.25, -0.2) is 0 Å². The van der Waals surface area contributed by atoms with Crippen LogP contribution in [-0.2, 0) is 22.3 Å². The van der Waals surface area contributed by atoms with Gasteiger partial charge in [0.05, 0.1) is 19.8 Å². The summed E-state index contributed by atoms with van der Waals surface area (Å²) in [5, 5.41) is 0. The first-order valence-electron chi connectivity index (χ1n) is 6.70. The van der Waals surface area contributed by atoms with Gasteiger partial charge in [-0.3, -0.25) is 4.79 Å². The van der Waals surface area contributed by atoms with E-state index in [4.69, 9.17) is 9.47 Å². The van der Waals surface area contributed by atoms with Crippen LogP contribution in [0.2, 0.25) is 0 Å². The first-order valence-corrected chi connectivity index (χ1v) is 6.70. The van der Waals surface area contributed by atoms with E-state index in [1.807, 2.05) is 6.07 Å². The molecule has 1 aromatic carbocycles. The third kappa shape index (κ3) is 2.33. The number of ketones is 1. The Morgan fingerprint density at radius 1 is 1.11 bits per heavy atom. The first-order chi connectivity index (χ1) is 8.84. The van der Waals surface area contributed by atoms with Crippen molar-refractivity contribution in [3.63, 3.8) is 0 Å². The number of aryl methyl sites for hydroxylation is 2. The highest BCUT2D eigenvalue weighted by molar-refractivity contribution is 5.99. The molecule has 18 heavy (non-hydrogen) atoms. The normalized spacial score (nSPS) is 23.4. The van der Waals surface area contributed by atoms with E-state index in [1.165, 1.54) is 24.0 Å². The van der Waals surface area contributed by atoms with Crippen LogP contribution in [0, 0.1) is 0 Å². The average molecular weight is 246 g/mol. The maximum atomic E-state index is 12.3. The van der Waals surface area contributed by atoms with Gasteiger partial charge in [-0.15, -0.1) is 0 Å². The van der Waals surface area contributed by atoms with E-state index in [9.17, 15) is 4.79 Å². The van der Waals surface area contributed by atoms with Gasteiger partial charge in [-0.1, -0.05) is 12.1 Å². The van der Waals surface area contributed by atoms with Crippen LogP contribution in [0.1, 0.15) is 34.3 Å². The van der Waals surface area contributed by atoms with Gasteiger partial charge in [0.25, 0.3) is 0 Å². The molecule has 3 rings (SSSR count). The molecule has 2 aliphatic rings. The van der Waals surface area contributed by atoms with E-state index in [1.54, 1.807) is 0 Å². The van der Waals surface area contributed by atoms with Crippen molar-refractivity contribution in [2.45, 2.75) is 31.8 Å². The number of benzene rings is 1. The summed E-state index contributed by atoms with van der Waals surface area (Å²) in [4.78, 5) is 12.3. The number of Topliss-reactive ketones (excluding diaryl/α,β-unsaturated/α-hetero) is 1. The first kappa shape index (κ1) is 11.9. The van der Waals surface area contributed by atoms with Crippen LogP contribution in [0.4, 0.5) is 0 Å². The molecule has 1 saturated heterocycles. The lowest BCUT2D eigenvalue weighted by molar-refractivity contribution is -0.0719. The molecule has 3 nitrogen and oxygen atoms in total. The number of carbonyl (C=O) groups is 1. The van der Waals surface area contributed by atoms with Crippen LogP contribution in [0.15, 0.2) is 18.2 Å². The molecule has 0 amide bonds. The Morgan fingerprint density at radius 3 is 2.72 bits per heavy atom. The highest BCUT2D eigenvalue weighted by Crippen LogP contribution is 2.23. The molecule has 1 heterocycles. The lowest BCUT2D eigenvalue weighted by Gasteiger charge is -2.22. The maximum Gasteiger partial charge on any atom is 0.193 e. The van der Waals surface area contributed by atoms with Crippen molar-refractivity contribution >= 4 is 5.78 Å². The Kier molecular flexibility index (Phi) is 3.43. The summed E-state index contributed by atoms with van der Waals surface area (Å²) in [5.41, 5.74) is 3.51. The fourth-order valence-corrected chi connectivity index (χ4v) is 2.71. The molecule has 96 valence electrons. The minimum Gasteiger partial charge on any atom is -0.376 e. The highest BCUT2D eigenvalue weighted by atomic mass is 16.6. The summed E-state index contributed by atoms with van der Waals surface area (Å²) in [6.45, 7) is 1.49. The van der Waals surface area contributed by atoms with E-state index in [2.05, 4.69) is 12.1 Å². The predicted octanol–water partition coefficient (Wildman–Crippen LogP) is 2.16. The number of rotatable bonds is 2. The highest BCUT2D eigenvalue weighted by Gasteiger charge is 2.24. The molecule has 0 spiro atoms. The average Bonchev–Trinajstić information content (AvgIpc) is 2.47. The monoisotopic (exact) mass is 246 g/mol. The van der Waals surface area contributed by atoms with Gasteiger partial charge in [0.15, 0.2) is 5.78 Å². The van der Waals surface area contributed by atoms with Crippen LogP contribution >= 0.6 is 0 Å². The molecule has 1 unspecified atom stereocenters. The van der Waals surface area contributed by atoms with E-state index in [0.717, 1.165) is 18.4 Å². The second-order valence-electron chi connectivity index (χ2n) is 4.99. The van der Waals surface area contributed by atoms with Crippen molar-refractivity contribution in [2.75, 3.05) is 19.8 Å². The molecule has 0 bridgehead atoms. The topological polar surface area (TPSA) is 35.5 Å². The van der Waals surface area contributed by atoms with Gasteiger partial charge in [0.2, 0.25) is 0 Å². The predicted molar refractivity (Wildman–Crippen MR) is 68.0 cm³/mol. The van der Waals surface area contributed by atoms with Crippen molar-refractivity contribution in [1.29, 1.82) is 0 Å². The van der Waals surface area contributed by atoms with Crippen molar-refractivity contribution in [2.24, 2.45) is 0 Å². The molecule has 1 aliphatic carbocycles. The van der Waals surface area contributed by atoms with Gasteiger partial charge in [0.1, 0.15) is 6.10 Å². The fourth-order valence-electron chi connectivity index (χ4n) is 2.71. The smallest absolute Gasteiger partial charge is 0.193 e. The molecule has 0 aromatic heterocycles. The number of carbonyl (C=O) groups excluding carboxylic acids is 1. The Labute approximate surface area is 107 Å². The quantitative estimate of drug-likeness (QED) is 0.750. The Bertz CT molecular complexity index is 447. The molecule has 3 heteroatoms. The van der Waals surface area contributed by atoms with Crippen LogP contribution in [0.25, 0.3) is 0 Å². The van der Waals surface area contributed by atoms with Crippen LogP contribution in [-0.4, -0.2) is 31.7 Å². The van der Waals surface area contributed by atoms with Crippen molar-refractivity contribution in [3.8, 4) is 0 Å². The van der Waals surface area contributed by atoms with Gasteiger partial charge in [-0.2, -0.15) is 0 Å². The lowest BCUT2D eigenvalue weighted by atomic mass is 9.89. The molecular formula is C15H18O3. The van der Waals surface area contributed by atoms with Gasteiger partial charge < -0.3 is 9.47 Å². The van der Waals surface area contributed by atoms with Crippen LogP contribution in [0.5, 0.6) is 0 Å². The largest absolute Gasteiger partial charge is 0.376 e. The Balaban J connectivity index is 1.80. The lowest BCUT2D eigenvalue weighted by Crippen LogP contribution is -2.35. The zero-order chi connectivity index (χ0) is 12.4. The van der Waals surface area contributed by atoms with Crippen molar-refractivity contribution in [3.05, 3.63) is 34.9 Å². The van der Waals surface area contributed by atoms with E-state index in [0.29, 0.717) is 19.8 Å². The second kappa shape index (κ2) is 5.21. The summed E-state index contributed by atoms with van der Waals surface area (Å²) < 4.78 is 10.8. The van der Waals surface area contributed by atoms with Gasteiger partial charge >= 0.3 is 0 Å². The van der Waals surface area contributed by atoms with E-state index < -0.39 is 6.10 Å². The molecule has 1 fully saturated rings. The maximum absolute atomic E-state index is 12.3. The minimum absolute atomic E-state index is 0.0584. The van der Waals surface area contributed by atoms with E-state index >= 15 is 0 Å². The SMILES string of the molecule is O=C(c1ccc2c(c1)CCCC2)C1COCCO1. The Morgan fingerprint density at radius 2 is 1.94 bits per heavy atom. The summed E-state index contributed by atoms with van der Waals surface area (Å²) in [6.07, 6.45) is 4.32. The summed E-state index contributed by atoms with van der Waals surface area (Å²) in [7, 11) is 0. The molecule has 0 radical (unpaired) electrons. The summed E-state index contributed by atoms with van der Waals surface area (Å²) >= 11 is 0. The zero-order valence-corrected chi connectivity index (χ0v) is 10.5. The standard InChI is InChI=1S/C15H18O3/c16-15(14-10-17-7-8-18-14)13-6-5-11-3-1-2-4-12(11)9-13/h5-6,9,14H,1-4,7-8,10H2. The van der Waals surface area contributed by atoms with Gasteiger partial charge in [0, 0.05) is 5.56 Å². The number of hydrogen-bond donors (Lipinski definition) is 0. The number of fused-ring (bicyclic) bond motifs is 1. The summed E-state index contributed by atoms with van der Waals surface area (Å²) in [5.74, 6) is 0.0584. The molecule has 1 atom stereocenters. The third-order valence-electron chi connectivity index (χ3n) is 3.74. The second-order valence-corrected chi connectivity index (χ2v) is 4.99. The minimum atomic E-state index is -0.416. The van der Waals surface area contributed by atoms with Crippen molar-refractivity contribution < 1.29 is 14.3 Å². The number of hydrogen-bond acceptors (Lipinski definition) is 3. The fraction of sp³-hybridized carbons (Fsp3) is 0.533. The third-order valence-corrected chi connectivity index (χ3v) is 3.74. The molecule has 0 N–H and O–H groups in total. The molecular weight excluding hydrogens is 228 g/mol. The van der Waals surface area contributed by atoms with Crippen molar-refractivity contribution in [1.82, 2.24) is 0 Å². The summed E-state index contributed by atoms with van der Waals surface area (Å²) in [6, 6.07) is 6.09. The van der Waals surface area contributed by atoms with Gasteiger partial charge in [-0.05, 0) is 42.9 Å².